The number of hydrogen-bond acceptors (Lipinski definition) is 6. The second-order valence-electron chi connectivity index (χ2n) is 6.65. The van der Waals surface area contributed by atoms with E-state index in [4.69, 9.17) is 4.74 Å². The highest BCUT2D eigenvalue weighted by molar-refractivity contribution is 5.90. The maximum atomic E-state index is 12.4. The lowest BCUT2D eigenvalue weighted by Gasteiger charge is -2.28. The van der Waals surface area contributed by atoms with Gasteiger partial charge in [-0.15, -0.1) is 0 Å². The highest BCUT2D eigenvalue weighted by Gasteiger charge is 2.12. The zero-order valence-corrected chi connectivity index (χ0v) is 15.8. The Labute approximate surface area is 167 Å². The largest absolute Gasteiger partial charge is 0.378 e. The molecule has 0 spiro atoms. The lowest BCUT2D eigenvalue weighted by molar-refractivity contribution is -0.117. The van der Waals surface area contributed by atoms with Crippen LogP contribution in [-0.2, 0) is 16.1 Å². The molecule has 0 saturated carbocycles. The minimum absolute atomic E-state index is 0.169. The summed E-state index contributed by atoms with van der Waals surface area (Å²) in [5, 5.41) is 7.10. The summed E-state index contributed by atoms with van der Waals surface area (Å²) in [5.41, 5.74) is 2.79. The molecule has 0 unspecified atom stereocenters. The smallest absolute Gasteiger partial charge is 0.267 e. The summed E-state index contributed by atoms with van der Waals surface area (Å²) >= 11 is 0. The number of carbonyl (C=O) groups is 1. The maximum absolute atomic E-state index is 12.4. The van der Waals surface area contributed by atoms with E-state index in [0.717, 1.165) is 42.2 Å². The highest BCUT2D eigenvalue weighted by Crippen LogP contribution is 2.19. The van der Waals surface area contributed by atoms with E-state index in [2.05, 4.69) is 20.3 Å². The molecule has 1 amide bonds. The van der Waals surface area contributed by atoms with Gasteiger partial charge < -0.3 is 15.0 Å². The third-order valence-corrected chi connectivity index (χ3v) is 4.64. The lowest BCUT2D eigenvalue weighted by Crippen LogP contribution is -2.36. The predicted molar refractivity (Wildman–Crippen MR) is 110 cm³/mol. The summed E-state index contributed by atoms with van der Waals surface area (Å²) < 4.78 is 6.52. The molecule has 1 aliphatic heterocycles. The fourth-order valence-corrected chi connectivity index (χ4v) is 3.14. The number of benzene rings is 1. The van der Waals surface area contributed by atoms with Crippen molar-refractivity contribution in [2.24, 2.45) is 0 Å². The third kappa shape index (κ3) is 4.67. The first-order valence-electron chi connectivity index (χ1n) is 9.40. The highest BCUT2D eigenvalue weighted by atomic mass is 16.5. The number of pyridine rings is 1. The molecule has 8 heteroatoms. The Bertz CT molecular complexity index is 1030. The van der Waals surface area contributed by atoms with Crippen LogP contribution in [0.3, 0.4) is 0 Å². The fourth-order valence-electron chi connectivity index (χ4n) is 3.14. The van der Waals surface area contributed by atoms with Gasteiger partial charge in [-0.1, -0.05) is 0 Å². The fraction of sp³-hybridized carbons (Fsp3) is 0.238. The molecule has 1 aliphatic rings. The zero-order valence-electron chi connectivity index (χ0n) is 15.8. The van der Waals surface area contributed by atoms with Crippen LogP contribution < -0.4 is 15.8 Å². The molecule has 3 aromatic rings. The summed E-state index contributed by atoms with van der Waals surface area (Å²) in [5.74, 6) is -0.318. The second-order valence-corrected chi connectivity index (χ2v) is 6.65. The lowest BCUT2D eigenvalue weighted by atomic mass is 10.2. The Hall–Kier alpha value is -3.52. The van der Waals surface area contributed by atoms with E-state index in [-0.39, 0.29) is 18.0 Å². The van der Waals surface area contributed by atoms with Crippen molar-refractivity contribution in [1.29, 1.82) is 0 Å². The van der Waals surface area contributed by atoms with Crippen LogP contribution in [0.1, 0.15) is 0 Å². The number of amides is 1. The Balaban J connectivity index is 1.42. The molecule has 148 valence electrons. The molecule has 8 nitrogen and oxygen atoms in total. The average molecular weight is 391 g/mol. The van der Waals surface area contributed by atoms with Crippen molar-refractivity contribution in [3.05, 3.63) is 71.3 Å². The van der Waals surface area contributed by atoms with Crippen molar-refractivity contribution in [2.75, 3.05) is 36.5 Å². The Morgan fingerprint density at radius 2 is 1.86 bits per heavy atom. The minimum Gasteiger partial charge on any atom is -0.378 e. The van der Waals surface area contributed by atoms with Gasteiger partial charge in [0.25, 0.3) is 5.56 Å². The van der Waals surface area contributed by atoms with Crippen LogP contribution >= 0.6 is 0 Å². The molecule has 1 fully saturated rings. The molecule has 3 heterocycles. The first kappa shape index (κ1) is 18.8. The van der Waals surface area contributed by atoms with Gasteiger partial charge in [0.05, 0.1) is 18.9 Å². The number of ether oxygens (including phenoxy) is 1. The van der Waals surface area contributed by atoms with E-state index in [0.29, 0.717) is 11.4 Å². The summed E-state index contributed by atoms with van der Waals surface area (Å²) in [6.45, 7) is 2.98. The first-order valence-corrected chi connectivity index (χ1v) is 9.40. The molecule has 0 aliphatic carbocycles. The molecular weight excluding hydrogens is 370 g/mol. The average Bonchev–Trinajstić information content (AvgIpc) is 2.77. The van der Waals surface area contributed by atoms with Crippen LogP contribution in [0.15, 0.2) is 65.7 Å². The number of anilines is 2. The van der Waals surface area contributed by atoms with Gasteiger partial charge in [0.1, 0.15) is 6.54 Å². The van der Waals surface area contributed by atoms with Crippen molar-refractivity contribution in [1.82, 2.24) is 14.8 Å². The summed E-state index contributed by atoms with van der Waals surface area (Å²) in [6, 6.07) is 14.3. The van der Waals surface area contributed by atoms with Crippen LogP contribution in [0.2, 0.25) is 0 Å². The van der Waals surface area contributed by atoms with E-state index >= 15 is 0 Å². The maximum Gasteiger partial charge on any atom is 0.267 e. The summed E-state index contributed by atoms with van der Waals surface area (Å²) in [7, 11) is 0. The molecule has 1 saturated heterocycles. The van der Waals surface area contributed by atoms with E-state index in [1.54, 1.807) is 24.5 Å². The number of rotatable bonds is 5. The third-order valence-electron chi connectivity index (χ3n) is 4.64. The number of morpholine rings is 1. The number of carbonyl (C=O) groups excluding carboxylic acids is 1. The van der Waals surface area contributed by atoms with Gasteiger partial charge in [0, 0.05) is 48.5 Å². The number of nitrogens with one attached hydrogen (secondary N) is 1. The first-order chi connectivity index (χ1) is 14.2. The molecular formula is C21H21N5O3. The monoisotopic (exact) mass is 391 g/mol. The predicted octanol–water partition coefficient (Wildman–Crippen LogP) is 1.78. The van der Waals surface area contributed by atoms with Crippen LogP contribution in [0.4, 0.5) is 11.4 Å². The summed E-state index contributed by atoms with van der Waals surface area (Å²) in [6.07, 6.45) is 3.32. The molecule has 4 rings (SSSR count). The van der Waals surface area contributed by atoms with Crippen LogP contribution in [0, 0.1) is 0 Å². The van der Waals surface area contributed by atoms with E-state index in [1.165, 1.54) is 6.07 Å². The second kappa shape index (κ2) is 8.66. The van der Waals surface area contributed by atoms with Crippen LogP contribution in [0.5, 0.6) is 0 Å². The molecule has 0 atom stereocenters. The van der Waals surface area contributed by atoms with Crippen LogP contribution in [0.25, 0.3) is 11.3 Å². The molecule has 29 heavy (non-hydrogen) atoms. The normalized spacial score (nSPS) is 13.9. The topological polar surface area (TPSA) is 89.3 Å². The standard InChI is InChI=1S/C21H21N5O3/c27-20(23-17-3-5-18(6-4-17)25-10-12-29-13-11-25)15-26-21(28)8-7-19(24-26)16-2-1-9-22-14-16/h1-9,14H,10-13,15H2,(H,23,27). The van der Waals surface area contributed by atoms with Gasteiger partial charge in [0.15, 0.2) is 0 Å². The van der Waals surface area contributed by atoms with Crippen molar-refractivity contribution >= 4 is 17.3 Å². The molecule has 0 bridgehead atoms. The number of aromatic nitrogens is 3. The van der Waals surface area contributed by atoms with Crippen molar-refractivity contribution in [3.8, 4) is 11.3 Å². The van der Waals surface area contributed by atoms with Gasteiger partial charge in [-0.25, -0.2) is 4.68 Å². The quantitative estimate of drug-likeness (QED) is 0.713. The number of hydrogen-bond donors (Lipinski definition) is 1. The van der Waals surface area contributed by atoms with Gasteiger partial charge >= 0.3 is 0 Å². The molecule has 0 radical (unpaired) electrons. The SMILES string of the molecule is O=C(Cn1nc(-c2cccnc2)ccc1=O)Nc1ccc(N2CCOCC2)cc1. The van der Waals surface area contributed by atoms with Crippen molar-refractivity contribution in [2.45, 2.75) is 6.54 Å². The van der Waals surface area contributed by atoms with Gasteiger partial charge in [-0.05, 0) is 42.5 Å². The molecule has 2 aromatic heterocycles. The van der Waals surface area contributed by atoms with Crippen molar-refractivity contribution < 1.29 is 9.53 Å². The van der Waals surface area contributed by atoms with Crippen LogP contribution in [-0.4, -0.2) is 47.0 Å². The van der Waals surface area contributed by atoms with E-state index in [9.17, 15) is 9.59 Å². The van der Waals surface area contributed by atoms with E-state index in [1.807, 2.05) is 30.3 Å². The summed E-state index contributed by atoms with van der Waals surface area (Å²) in [4.78, 5) is 30.8. The zero-order chi connectivity index (χ0) is 20.1. The molecule has 1 aromatic carbocycles. The van der Waals surface area contributed by atoms with Gasteiger partial charge in [0.2, 0.25) is 5.91 Å². The Morgan fingerprint density at radius 1 is 1.07 bits per heavy atom. The van der Waals surface area contributed by atoms with E-state index < -0.39 is 0 Å². The Kier molecular flexibility index (Phi) is 5.62. The minimum atomic E-state index is -0.338. The molecule has 1 N–H and O–H groups in total. The number of nitrogens with zero attached hydrogens (tertiary/aromatic N) is 4. The Morgan fingerprint density at radius 3 is 2.59 bits per heavy atom. The van der Waals surface area contributed by atoms with Gasteiger partial charge in [-0.2, -0.15) is 5.10 Å². The van der Waals surface area contributed by atoms with Crippen molar-refractivity contribution in [3.63, 3.8) is 0 Å². The van der Waals surface area contributed by atoms with Gasteiger partial charge in [-0.3, -0.25) is 14.6 Å².